The maximum Gasteiger partial charge on any atom is 0.291 e. The first kappa shape index (κ1) is 13.1. The van der Waals surface area contributed by atoms with Crippen molar-refractivity contribution in [3.63, 3.8) is 0 Å². The molecule has 7 heteroatoms. The van der Waals surface area contributed by atoms with E-state index in [1.54, 1.807) is 6.92 Å². The van der Waals surface area contributed by atoms with Crippen molar-refractivity contribution in [3.05, 3.63) is 11.6 Å². The van der Waals surface area contributed by atoms with E-state index in [2.05, 4.69) is 25.8 Å². The highest BCUT2D eigenvalue weighted by molar-refractivity contribution is 5.93. The molecule has 0 radical (unpaired) electrons. The Labute approximate surface area is 99.4 Å². The van der Waals surface area contributed by atoms with Crippen LogP contribution in [0.2, 0.25) is 0 Å². The molecule has 1 aromatic rings. The third-order valence-electron chi connectivity index (χ3n) is 1.72. The van der Waals surface area contributed by atoms with E-state index >= 15 is 0 Å². The molecule has 0 saturated heterocycles. The second kappa shape index (κ2) is 4.94. The third kappa shape index (κ3) is 4.62. The van der Waals surface area contributed by atoms with Crippen molar-refractivity contribution < 1.29 is 9.59 Å². The maximum absolute atomic E-state index is 11.5. The van der Waals surface area contributed by atoms with E-state index in [4.69, 9.17) is 0 Å². The van der Waals surface area contributed by atoms with Crippen LogP contribution in [0, 0.1) is 6.92 Å². The molecule has 0 aliphatic rings. The Morgan fingerprint density at radius 1 is 1.35 bits per heavy atom. The van der Waals surface area contributed by atoms with Gasteiger partial charge in [0.25, 0.3) is 5.91 Å². The molecule has 3 N–H and O–H groups in total. The Balaban J connectivity index is 2.41. The summed E-state index contributed by atoms with van der Waals surface area (Å²) in [6.07, 6.45) is 0. The molecule has 0 fully saturated rings. The number of hydrogen-bond donors (Lipinski definition) is 3. The van der Waals surface area contributed by atoms with Crippen molar-refractivity contribution >= 4 is 11.8 Å². The van der Waals surface area contributed by atoms with Crippen LogP contribution in [0.15, 0.2) is 0 Å². The van der Waals surface area contributed by atoms with Gasteiger partial charge in [-0.25, -0.2) is 4.98 Å². The number of rotatable bonds is 3. The smallest absolute Gasteiger partial charge is 0.291 e. The van der Waals surface area contributed by atoms with Gasteiger partial charge in [-0.15, -0.1) is 5.10 Å². The molecule has 0 spiro atoms. The van der Waals surface area contributed by atoms with E-state index in [0.717, 1.165) is 0 Å². The van der Waals surface area contributed by atoms with Crippen molar-refractivity contribution in [2.45, 2.75) is 33.2 Å². The molecule has 2 amide bonds. The predicted molar refractivity (Wildman–Crippen MR) is 61.3 cm³/mol. The molecule has 0 atom stereocenters. The van der Waals surface area contributed by atoms with Crippen molar-refractivity contribution in [2.75, 3.05) is 6.54 Å². The van der Waals surface area contributed by atoms with E-state index in [0.29, 0.717) is 5.82 Å². The van der Waals surface area contributed by atoms with Gasteiger partial charge in [-0.05, 0) is 27.7 Å². The van der Waals surface area contributed by atoms with E-state index in [1.165, 1.54) is 0 Å². The van der Waals surface area contributed by atoms with E-state index in [-0.39, 0.29) is 23.8 Å². The minimum Gasteiger partial charge on any atom is -0.350 e. The maximum atomic E-state index is 11.5. The summed E-state index contributed by atoms with van der Waals surface area (Å²) in [5.41, 5.74) is -0.316. The lowest BCUT2D eigenvalue weighted by Crippen LogP contribution is -2.45. The lowest BCUT2D eigenvalue weighted by Gasteiger charge is -2.20. The molecule has 94 valence electrons. The Morgan fingerprint density at radius 3 is 2.47 bits per heavy atom. The number of H-pyrrole nitrogens is 1. The number of carbonyl (C=O) groups excluding carboxylic acids is 2. The fourth-order valence-corrected chi connectivity index (χ4v) is 1.15. The van der Waals surface area contributed by atoms with Gasteiger partial charge in [-0.1, -0.05) is 0 Å². The van der Waals surface area contributed by atoms with Crippen molar-refractivity contribution in [3.8, 4) is 0 Å². The standard InChI is InChI=1S/C10H17N5O2/c1-6-12-8(15-14-6)9(17)11-5-7(16)13-10(2,3)4/h5H2,1-4H3,(H,11,17)(H,13,16)(H,12,14,15). The molecule has 7 nitrogen and oxygen atoms in total. The first-order valence-corrected chi connectivity index (χ1v) is 5.26. The highest BCUT2D eigenvalue weighted by Gasteiger charge is 2.16. The number of nitrogens with one attached hydrogen (secondary N) is 3. The SMILES string of the molecule is Cc1nc(C(=O)NCC(=O)NC(C)(C)C)n[nH]1. The van der Waals surface area contributed by atoms with Crippen molar-refractivity contribution in [1.29, 1.82) is 0 Å². The molecule has 0 unspecified atom stereocenters. The summed E-state index contributed by atoms with van der Waals surface area (Å²) >= 11 is 0. The summed E-state index contributed by atoms with van der Waals surface area (Å²) in [5, 5.41) is 11.4. The van der Waals surface area contributed by atoms with Gasteiger partial charge < -0.3 is 10.6 Å². The zero-order chi connectivity index (χ0) is 13.1. The molecule has 0 aliphatic heterocycles. The number of carbonyl (C=O) groups is 2. The molecule has 0 saturated carbocycles. The summed E-state index contributed by atoms with van der Waals surface area (Å²) in [7, 11) is 0. The number of aromatic nitrogens is 3. The highest BCUT2D eigenvalue weighted by Crippen LogP contribution is 1.97. The van der Waals surface area contributed by atoms with Gasteiger partial charge in [0.2, 0.25) is 11.7 Å². The molecular formula is C10H17N5O2. The lowest BCUT2D eigenvalue weighted by atomic mass is 10.1. The van der Waals surface area contributed by atoms with Gasteiger partial charge in [-0.3, -0.25) is 14.7 Å². The number of nitrogens with zero attached hydrogens (tertiary/aromatic N) is 2. The second-order valence-electron chi connectivity index (χ2n) is 4.73. The van der Waals surface area contributed by atoms with Gasteiger partial charge in [0, 0.05) is 5.54 Å². The number of amides is 2. The zero-order valence-electron chi connectivity index (χ0n) is 10.4. The second-order valence-corrected chi connectivity index (χ2v) is 4.73. The van der Waals surface area contributed by atoms with Crippen LogP contribution in [0.3, 0.4) is 0 Å². The molecule has 1 rings (SSSR count). The molecular weight excluding hydrogens is 222 g/mol. The first-order chi connectivity index (χ1) is 7.78. The van der Waals surface area contributed by atoms with E-state index in [1.807, 2.05) is 20.8 Å². The fourth-order valence-electron chi connectivity index (χ4n) is 1.15. The third-order valence-corrected chi connectivity index (χ3v) is 1.72. The van der Waals surface area contributed by atoms with Crippen molar-refractivity contribution in [2.24, 2.45) is 0 Å². The predicted octanol–water partition coefficient (Wildman–Crippen LogP) is -0.242. The minimum absolute atomic E-state index is 0.0334. The van der Waals surface area contributed by atoms with Crippen LogP contribution in [0.4, 0.5) is 0 Å². The van der Waals surface area contributed by atoms with Gasteiger partial charge in [0.05, 0.1) is 6.54 Å². The Kier molecular flexibility index (Phi) is 3.82. The molecule has 1 aromatic heterocycles. The Morgan fingerprint density at radius 2 is 2.00 bits per heavy atom. The first-order valence-electron chi connectivity index (χ1n) is 5.26. The molecule has 0 bridgehead atoms. The molecule has 17 heavy (non-hydrogen) atoms. The summed E-state index contributed by atoms with van der Waals surface area (Å²) in [5.74, 6) is -0.142. The van der Waals surface area contributed by atoms with Crippen LogP contribution in [0.1, 0.15) is 37.2 Å². The summed E-state index contributed by atoms with van der Waals surface area (Å²) in [4.78, 5) is 26.8. The largest absolute Gasteiger partial charge is 0.350 e. The van der Waals surface area contributed by atoms with Gasteiger partial charge >= 0.3 is 0 Å². The topological polar surface area (TPSA) is 99.8 Å². The van der Waals surface area contributed by atoms with E-state index < -0.39 is 5.91 Å². The monoisotopic (exact) mass is 239 g/mol. The molecule has 0 aliphatic carbocycles. The van der Waals surface area contributed by atoms with Crippen LogP contribution in [-0.2, 0) is 4.79 Å². The molecule has 1 heterocycles. The number of aryl methyl sites for hydroxylation is 1. The number of hydrogen-bond acceptors (Lipinski definition) is 4. The van der Waals surface area contributed by atoms with Gasteiger partial charge in [-0.2, -0.15) is 0 Å². The summed E-state index contributed by atoms with van der Waals surface area (Å²) < 4.78 is 0. The summed E-state index contributed by atoms with van der Waals surface area (Å²) in [6, 6.07) is 0. The lowest BCUT2D eigenvalue weighted by molar-refractivity contribution is -0.121. The van der Waals surface area contributed by atoms with Gasteiger partial charge in [0.1, 0.15) is 5.82 Å². The van der Waals surface area contributed by atoms with Gasteiger partial charge in [0.15, 0.2) is 0 Å². The average Bonchev–Trinajstić information content (AvgIpc) is 2.58. The van der Waals surface area contributed by atoms with E-state index in [9.17, 15) is 9.59 Å². The summed E-state index contributed by atoms with van der Waals surface area (Å²) in [6.45, 7) is 7.20. The van der Waals surface area contributed by atoms with Crippen LogP contribution >= 0.6 is 0 Å². The molecule has 0 aromatic carbocycles. The van der Waals surface area contributed by atoms with Crippen LogP contribution in [-0.4, -0.2) is 39.1 Å². The number of aromatic amines is 1. The van der Waals surface area contributed by atoms with Crippen molar-refractivity contribution in [1.82, 2.24) is 25.8 Å². The Bertz CT molecular complexity index is 419. The van der Waals surface area contributed by atoms with Crippen LogP contribution in [0.25, 0.3) is 0 Å². The van der Waals surface area contributed by atoms with Crippen LogP contribution < -0.4 is 10.6 Å². The zero-order valence-corrected chi connectivity index (χ0v) is 10.4. The average molecular weight is 239 g/mol. The Hall–Kier alpha value is -1.92. The van der Waals surface area contributed by atoms with Crippen LogP contribution in [0.5, 0.6) is 0 Å². The minimum atomic E-state index is -0.474. The highest BCUT2D eigenvalue weighted by atomic mass is 16.2. The normalized spacial score (nSPS) is 11.1. The quantitative estimate of drug-likeness (QED) is 0.677. The fraction of sp³-hybridized carbons (Fsp3) is 0.600.